The van der Waals surface area contributed by atoms with Crippen molar-refractivity contribution in [3.8, 4) is 0 Å². The highest BCUT2D eigenvalue weighted by atomic mass is 32.2. The van der Waals surface area contributed by atoms with E-state index in [1.54, 1.807) is 6.26 Å². The summed E-state index contributed by atoms with van der Waals surface area (Å²) in [6.07, 6.45) is 3.83. The molecule has 0 bridgehead atoms. The van der Waals surface area contributed by atoms with Crippen LogP contribution in [0.3, 0.4) is 0 Å². The first kappa shape index (κ1) is 9.65. The van der Waals surface area contributed by atoms with Crippen molar-refractivity contribution in [1.82, 2.24) is 0 Å². The third-order valence-corrected chi connectivity index (χ3v) is 2.70. The second-order valence-corrected chi connectivity index (χ2v) is 3.98. The van der Waals surface area contributed by atoms with Gasteiger partial charge in [-0.15, -0.1) is 0 Å². The average Bonchev–Trinajstić information content (AvgIpc) is 2.15. The standard InChI is InChI=1S/C9H15NOS/c1-3-8-5-9(7-12-4-2)10-11-6-8/h6H,3-5,7H2,1-2H3. The monoisotopic (exact) mass is 185 g/mol. The van der Waals surface area contributed by atoms with Gasteiger partial charge >= 0.3 is 0 Å². The molecule has 1 aliphatic heterocycles. The number of hydrogen-bond donors (Lipinski definition) is 0. The van der Waals surface area contributed by atoms with E-state index in [4.69, 9.17) is 4.84 Å². The summed E-state index contributed by atoms with van der Waals surface area (Å²) >= 11 is 1.89. The molecule has 0 N–H and O–H groups in total. The summed E-state index contributed by atoms with van der Waals surface area (Å²) in [5.74, 6) is 2.15. The van der Waals surface area contributed by atoms with Gasteiger partial charge in [0, 0.05) is 12.2 Å². The Kier molecular flexibility index (Phi) is 4.22. The van der Waals surface area contributed by atoms with Crippen LogP contribution in [0.1, 0.15) is 26.7 Å². The molecule has 0 saturated carbocycles. The lowest BCUT2D eigenvalue weighted by Crippen LogP contribution is -2.08. The fraction of sp³-hybridized carbons (Fsp3) is 0.667. The number of rotatable bonds is 4. The Morgan fingerprint density at radius 1 is 1.58 bits per heavy atom. The molecule has 12 heavy (non-hydrogen) atoms. The van der Waals surface area contributed by atoms with Gasteiger partial charge in [-0.3, -0.25) is 0 Å². The molecule has 3 heteroatoms. The van der Waals surface area contributed by atoms with Gasteiger partial charge in [0.15, 0.2) is 0 Å². The zero-order chi connectivity index (χ0) is 8.81. The van der Waals surface area contributed by atoms with Gasteiger partial charge in [0.05, 0.1) is 5.71 Å². The van der Waals surface area contributed by atoms with Crippen LogP contribution in [0.4, 0.5) is 0 Å². The summed E-state index contributed by atoms with van der Waals surface area (Å²) in [4.78, 5) is 5.00. The number of thioether (sulfide) groups is 1. The Bertz CT molecular complexity index is 199. The Labute approximate surface area is 78.0 Å². The van der Waals surface area contributed by atoms with Gasteiger partial charge in [0.2, 0.25) is 0 Å². The maximum absolute atomic E-state index is 5.00. The Morgan fingerprint density at radius 2 is 2.42 bits per heavy atom. The fourth-order valence-electron chi connectivity index (χ4n) is 1.02. The molecule has 1 heterocycles. The molecule has 0 aromatic carbocycles. The topological polar surface area (TPSA) is 21.6 Å². The summed E-state index contributed by atoms with van der Waals surface area (Å²) in [6, 6.07) is 0. The molecule has 0 radical (unpaired) electrons. The van der Waals surface area contributed by atoms with E-state index >= 15 is 0 Å². The minimum atomic E-state index is 1.00. The lowest BCUT2D eigenvalue weighted by Gasteiger charge is -2.11. The van der Waals surface area contributed by atoms with Crippen LogP contribution < -0.4 is 0 Å². The van der Waals surface area contributed by atoms with E-state index in [2.05, 4.69) is 19.0 Å². The molecule has 0 aromatic heterocycles. The molecule has 0 fully saturated rings. The highest BCUT2D eigenvalue weighted by molar-refractivity contribution is 7.99. The van der Waals surface area contributed by atoms with Crippen LogP contribution in [-0.4, -0.2) is 17.2 Å². The van der Waals surface area contributed by atoms with Gasteiger partial charge in [-0.25, -0.2) is 0 Å². The van der Waals surface area contributed by atoms with E-state index in [9.17, 15) is 0 Å². The lowest BCUT2D eigenvalue weighted by molar-refractivity contribution is 0.257. The Balaban J connectivity index is 2.33. The minimum absolute atomic E-state index is 1.00. The molecule has 0 amide bonds. The molecular formula is C9H15NOS. The third-order valence-electron chi connectivity index (χ3n) is 1.76. The van der Waals surface area contributed by atoms with Gasteiger partial charge in [0.1, 0.15) is 6.26 Å². The quantitative estimate of drug-likeness (QED) is 0.671. The van der Waals surface area contributed by atoms with Gasteiger partial charge in [-0.2, -0.15) is 11.8 Å². The van der Waals surface area contributed by atoms with E-state index in [-0.39, 0.29) is 0 Å². The van der Waals surface area contributed by atoms with Crippen molar-refractivity contribution in [2.24, 2.45) is 5.16 Å². The van der Waals surface area contributed by atoms with E-state index < -0.39 is 0 Å². The van der Waals surface area contributed by atoms with Crippen LogP contribution in [0.25, 0.3) is 0 Å². The van der Waals surface area contributed by atoms with Gasteiger partial charge < -0.3 is 4.84 Å². The Morgan fingerprint density at radius 3 is 3.08 bits per heavy atom. The number of allylic oxidation sites excluding steroid dienone is 1. The molecule has 0 spiro atoms. The molecule has 0 aliphatic carbocycles. The molecule has 0 atom stereocenters. The van der Waals surface area contributed by atoms with Crippen molar-refractivity contribution in [3.05, 3.63) is 11.8 Å². The van der Waals surface area contributed by atoms with E-state index in [1.807, 2.05) is 11.8 Å². The fourth-order valence-corrected chi connectivity index (χ4v) is 1.61. The summed E-state index contributed by atoms with van der Waals surface area (Å²) in [5.41, 5.74) is 2.51. The number of nitrogens with zero attached hydrogens (tertiary/aromatic N) is 1. The van der Waals surface area contributed by atoms with E-state index in [0.717, 1.165) is 24.3 Å². The summed E-state index contributed by atoms with van der Waals surface area (Å²) in [5, 5.41) is 3.98. The van der Waals surface area contributed by atoms with Gasteiger partial charge in [-0.05, 0) is 17.7 Å². The number of hydrogen-bond acceptors (Lipinski definition) is 3. The lowest BCUT2D eigenvalue weighted by atomic mass is 10.1. The third kappa shape index (κ3) is 2.89. The zero-order valence-corrected chi connectivity index (χ0v) is 8.49. The normalized spacial score (nSPS) is 16.5. The maximum atomic E-state index is 5.00. The predicted molar refractivity (Wildman–Crippen MR) is 54.5 cm³/mol. The van der Waals surface area contributed by atoms with Crippen molar-refractivity contribution in [1.29, 1.82) is 0 Å². The van der Waals surface area contributed by atoms with E-state index in [1.165, 1.54) is 11.3 Å². The highest BCUT2D eigenvalue weighted by Crippen LogP contribution is 2.15. The second kappa shape index (κ2) is 5.25. The molecule has 68 valence electrons. The minimum Gasteiger partial charge on any atom is -0.365 e. The molecule has 2 nitrogen and oxygen atoms in total. The first-order chi connectivity index (χ1) is 5.86. The molecule has 0 aromatic rings. The van der Waals surface area contributed by atoms with Gasteiger partial charge in [0.25, 0.3) is 0 Å². The molecule has 1 rings (SSSR count). The second-order valence-electron chi connectivity index (χ2n) is 2.71. The number of oxime groups is 1. The molecular weight excluding hydrogens is 170 g/mol. The molecule has 0 saturated heterocycles. The summed E-state index contributed by atoms with van der Waals surface area (Å²) in [6.45, 7) is 4.30. The predicted octanol–water partition coefficient (Wildman–Crippen LogP) is 2.81. The average molecular weight is 185 g/mol. The van der Waals surface area contributed by atoms with Crippen LogP contribution >= 0.6 is 11.8 Å². The molecule has 1 aliphatic rings. The first-order valence-electron chi connectivity index (χ1n) is 4.34. The summed E-state index contributed by atoms with van der Waals surface area (Å²) < 4.78 is 0. The Hall–Kier alpha value is -0.440. The van der Waals surface area contributed by atoms with Crippen LogP contribution in [0.5, 0.6) is 0 Å². The first-order valence-corrected chi connectivity index (χ1v) is 5.49. The van der Waals surface area contributed by atoms with Crippen LogP contribution in [-0.2, 0) is 4.84 Å². The van der Waals surface area contributed by atoms with Crippen LogP contribution in [0, 0.1) is 0 Å². The van der Waals surface area contributed by atoms with Crippen molar-refractivity contribution >= 4 is 17.5 Å². The zero-order valence-electron chi connectivity index (χ0n) is 7.67. The van der Waals surface area contributed by atoms with Gasteiger partial charge in [-0.1, -0.05) is 19.0 Å². The van der Waals surface area contributed by atoms with Crippen LogP contribution in [0.2, 0.25) is 0 Å². The van der Waals surface area contributed by atoms with Crippen molar-refractivity contribution in [2.75, 3.05) is 11.5 Å². The summed E-state index contributed by atoms with van der Waals surface area (Å²) in [7, 11) is 0. The SMILES string of the molecule is CCSCC1=NOC=C(CC)C1. The van der Waals surface area contributed by atoms with Crippen molar-refractivity contribution in [2.45, 2.75) is 26.7 Å². The maximum Gasteiger partial charge on any atom is 0.121 e. The van der Waals surface area contributed by atoms with E-state index in [0.29, 0.717) is 0 Å². The largest absolute Gasteiger partial charge is 0.365 e. The molecule has 0 unspecified atom stereocenters. The van der Waals surface area contributed by atoms with Crippen molar-refractivity contribution in [3.63, 3.8) is 0 Å². The smallest absolute Gasteiger partial charge is 0.121 e. The highest BCUT2D eigenvalue weighted by Gasteiger charge is 2.08. The van der Waals surface area contributed by atoms with Crippen LogP contribution in [0.15, 0.2) is 17.0 Å². The van der Waals surface area contributed by atoms with Crippen molar-refractivity contribution < 1.29 is 4.84 Å².